The molecule has 4 amide bonds. The molecule has 6 heteroatoms. The van der Waals surface area contributed by atoms with Gasteiger partial charge in [-0.1, -0.05) is 24.6 Å². The molecule has 1 spiro atoms. The zero-order chi connectivity index (χ0) is 16.6. The Morgan fingerprint density at radius 2 is 1.83 bits per heavy atom. The minimum absolute atomic E-state index is 0.352. The third-order valence-electron chi connectivity index (χ3n) is 4.82. The lowest BCUT2D eigenvalue weighted by atomic mass is 9.77. The summed E-state index contributed by atoms with van der Waals surface area (Å²) in [6, 6.07) is 6.41. The molecule has 6 nitrogen and oxygen atoms in total. The average Bonchev–Trinajstić information content (AvgIpc) is 2.75. The molecule has 2 fully saturated rings. The van der Waals surface area contributed by atoms with Gasteiger partial charge in [-0.2, -0.15) is 5.01 Å². The van der Waals surface area contributed by atoms with Gasteiger partial charge in [-0.05, 0) is 50.7 Å². The summed E-state index contributed by atoms with van der Waals surface area (Å²) in [5, 5.41) is 3.61. The van der Waals surface area contributed by atoms with Gasteiger partial charge >= 0.3 is 6.03 Å². The molecule has 1 saturated heterocycles. The molecule has 2 N–H and O–H groups in total. The van der Waals surface area contributed by atoms with E-state index in [1.54, 1.807) is 12.1 Å². The van der Waals surface area contributed by atoms with Crippen molar-refractivity contribution in [3.8, 4) is 0 Å². The van der Waals surface area contributed by atoms with Crippen LogP contribution in [0.1, 0.15) is 48.5 Å². The normalized spacial score (nSPS) is 27.2. The number of nitrogens with one attached hydrogen (secondary N) is 2. The van der Waals surface area contributed by atoms with Crippen molar-refractivity contribution in [1.29, 1.82) is 0 Å². The van der Waals surface area contributed by atoms with Gasteiger partial charge < -0.3 is 5.32 Å². The van der Waals surface area contributed by atoms with Crippen LogP contribution in [0.3, 0.4) is 0 Å². The van der Waals surface area contributed by atoms with E-state index in [-0.39, 0.29) is 5.91 Å². The number of nitrogens with zero attached hydrogens (tertiary/aromatic N) is 1. The number of rotatable bonds is 2. The molecule has 0 unspecified atom stereocenters. The average molecular weight is 315 g/mol. The third kappa shape index (κ3) is 2.81. The minimum Gasteiger partial charge on any atom is -0.322 e. The number of hydrogen-bond donors (Lipinski definition) is 2. The lowest BCUT2D eigenvalue weighted by molar-refractivity contribution is -0.134. The highest BCUT2D eigenvalue weighted by Gasteiger charge is 2.52. The molecule has 2 aliphatic rings. The van der Waals surface area contributed by atoms with Crippen LogP contribution in [0.2, 0.25) is 0 Å². The van der Waals surface area contributed by atoms with Crippen molar-refractivity contribution in [1.82, 2.24) is 15.8 Å². The number of hydrogen-bond acceptors (Lipinski definition) is 3. The van der Waals surface area contributed by atoms with Crippen molar-refractivity contribution >= 4 is 17.8 Å². The van der Waals surface area contributed by atoms with E-state index in [2.05, 4.69) is 17.7 Å². The van der Waals surface area contributed by atoms with Crippen molar-refractivity contribution in [2.45, 2.75) is 45.1 Å². The van der Waals surface area contributed by atoms with Crippen molar-refractivity contribution in [3.05, 3.63) is 35.4 Å². The van der Waals surface area contributed by atoms with E-state index in [0.717, 1.165) is 23.4 Å². The van der Waals surface area contributed by atoms with E-state index < -0.39 is 17.5 Å². The van der Waals surface area contributed by atoms with E-state index in [9.17, 15) is 14.4 Å². The van der Waals surface area contributed by atoms with E-state index >= 15 is 0 Å². The Bertz CT molecular complexity index is 646. The largest absolute Gasteiger partial charge is 0.344 e. The fraction of sp³-hybridized carbons (Fsp3) is 0.471. The van der Waals surface area contributed by atoms with Crippen LogP contribution in [-0.4, -0.2) is 28.4 Å². The van der Waals surface area contributed by atoms with E-state index in [4.69, 9.17) is 0 Å². The topological polar surface area (TPSA) is 78.5 Å². The van der Waals surface area contributed by atoms with Gasteiger partial charge in [0, 0.05) is 5.56 Å². The molecule has 0 atom stereocenters. The molecule has 23 heavy (non-hydrogen) atoms. The number of urea groups is 1. The second kappa shape index (κ2) is 5.68. The monoisotopic (exact) mass is 315 g/mol. The SMILES string of the molecule is Cc1ccc(C(=O)NN2C(=O)NC3(CCC(C)CC3)C2=O)cc1. The Labute approximate surface area is 135 Å². The molecule has 1 heterocycles. The number of benzene rings is 1. The van der Waals surface area contributed by atoms with Gasteiger partial charge in [0.1, 0.15) is 5.54 Å². The minimum atomic E-state index is -0.843. The zero-order valence-corrected chi connectivity index (χ0v) is 13.4. The first kappa shape index (κ1) is 15.5. The van der Waals surface area contributed by atoms with Crippen LogP contribution in [0.25, 0.3) is 0 Å². The molecule has 3 rings (SSSR count). The molecule has 1 aromatic carbocycles. The van der Waals surface area contributed by atoms with Gasteiger partial charge in [-0.25, -0.2) is 4.79 Å². The second-order valence-corrected chi connectivity index (χ2v) is 6.64. The molecule has 1 aromatic rings. The van der Waals surface area contributed by atoms with Crippen LogP contribution in [-0.2, 0) is 4.79 Å². The van der Waals surface area contributed by atoms with Crippen LogP contribution in [0.5, 0.6) is 0 Å². The van der Waals surface area contributed by atoms with Crippen molar-refractivity contribution in [3.63, 3.8) is 0 Å². The molecule has 1 aliphatic heterocycles. The van der Waals surface area contributed by atoms with Crippen LogP contribution >= 0.6 is 0 Å². The lowest BCUT2D eigenvalue weighted by Gasteiger charge is -2.33. The third-order valence-corrected chi connectivity index (χ3v) is 4.82. The highest BCUT2D eigenvalue weighted by molar-refractivity contribution is 6.09. The quantitative estimate of drug-likeness (QED) is 0.821. The maximum Gasteiger partial charge on any atom is 0.344 e. The summed E-state index contributed by atoms with van der Waals surface area (Å²) in [5.41, 5.74) is 3.03. The van der Waals surface area contributed by atoms with Gasteiger partial charge in [-0.3, -0.25) is 15.0 Å². The fourth-order valence-electron chi connectivity index (χ4n) is 3.19. The van der Waals surface area contributed by atoms with Gasteiger partial charge in [0.2, 0.25) is 0 Å². The van der Waals surface area contributed by atoms with Crippen LogP contribution < -0.4 is 10.7 Å². The number of amides is 4. The highest BCUT2D eigenvalue weighted by atomic mass is 16.2. The molecule has 0 bridgehead atoms. The highest BCUT2D eigenvalue weighted by Crippen LogP contribution is 2.35. The maximum atomic E-state index is 12.6. The molecular formula is C17H21N3O3. The number of carbonyl (C=O) groups excluding carboxylic acids is 3. The summed E-state index contributed by atoms with van der Waals surface area (Å²) in [6.45, 7) is 4.07. The summed E-state index contributed by atoms with van der Waals surface area (Å²) < 4.78 is 0. The summed E-state index contributed by atoms with van der Waals surface area (Å²) >= 11 is 0. The number of aryl methyl sites for hydroxylation is 1. The predicted molar refractivity (Wildman–Crippen MR) is 84.4 cm³/mol. The molecule has 1 aliphatic carbocycles. The standard InChI is InChI=1S/C17H21N3O3/c1-11-3-5-13(6-4-11)14(21)19-20-15(22)17(18-16(20)23)9-7-12(2)8-10-17/h3-6,12H,7-10H2,1-2H3,(H,18,23)(H,19,21). The van der Waals surface area contributed by atoms with Crippen LogP contribution in [0.15, 0.2) is 24.3 Å². The van der Waals surface area contributed by atoms with Gasteiger partial charge in [0.05, 0.1) is 0 Å². The number of imide groups is 1. The first-order valence-electron chi connectivity index (χ1n) is 7.96. The Balaban J connectivity index is 1.73. The first-order valence-corrected chi connectivity index (χ1v) is 7.96. The maximum absolute atomic E-state index is 12.6. The summed E-state index contributed by atoms with van der Waals surface area (Å²) in [5.74, 6) is -0.258. The van der Waals surface area contributed by atoms with Crippen LogP contribution in [0.4, 0.5) is 4.79 Å². The van der Waals surface area contributed by atoms with Crippen molar-refractivity contribution in [2.24, 2.45) is 5.92 Å². The number of carbonyl (C=O) groups is 3. The van der Waals surface area contributed by atoms with Crippen molar-refractivity contribution < 1.29 is 14.4 Å². The van der Waals surface area contributed by atoms with Crippen molar-refractivity contribution in [2.75, 3.05) is 0 Å². The Morgan fingerprint density at radius 3 is 2.43 bits per heavy atom. The Kier molecular flexibility index (Phi) is 3.83. The Hall–Kier alpha value is -2.37. The van der Waals surface area contributed by atoms with Gasteiger partial charge in [0.25, 0.3) is 11.8 Å². The molecule has 1 saturated carbocycles. The predicted octanol–water partition coefficient (Wildman–Crippen LogP) is 2.14. The molecule has 0 aromatic heterocycles. The lowest BCUT2D eigenvalue weighted by Crippen LogP contribution is -2.51. The first-order chi connectivity index (χ1) is 10.9. The summed E-state index contributed by atoms with van der Waals surface area (Å²) in [4.78, 5) is 37.0. The van der Waals surface area contributed by atoms with Gasteiger partial charge in [-0.15, -0.1) is 0 Å². The fourth-order valence-corrected chi connectivity index (χ4v) is 3.19. The smallest absolute Gasteiger partial charge is 0.322 e. The van der Waals surface area contributed by atoms with Gasteiger partial charge in [0.15, 0.2) is 0 Å². The van der Waals surface area contributed by atoms with E-state index in [0.29, 0.717) is 24.3 Å². The number of hydrazine groups is 1. The van der Waals surface area contributed by atoms with E-state index in [1.165, 1.54) is 0 Å². The van der Waals surface area contributed by atoms with E-state index in [1.807, 2.05) is 19.1 Å². The zero-order valence-electron chi connectivity index (χ0n) is 13.4. The molecule has 0 radical (unpaired) electrons. The second-order valence-electron chi connectivity index (χ2n) is 6.64. The van der Waals surface area contributed by atoms with Crippen LogP contribution in [0, 0.1) is 12.8 Å². The molecule has 122 valence electrons. The summed E-state index contributed by atoms with van der Waals surface area (Å²) in [7, 11) is 0. The molecular weight excluding hydrogens is 294 g/mol. The summed E-state index contributed by atoms with van der Waals surface area (Å²) in [6.07, 6.45) is 3.03. The Morgan fingerprint density at radius 1 is 1.22 bits per heavy atom.